The molecule has 0 aromatic heterocycles. The van der Waals surface area contributed by atoms with Crippen LogP contribution in [0, 0.1) is 0 Å². The van der Waals surface area contributed by atoms with Crippen LogP contribution in [0.2, 0.25) is 0 Å². The van der Waals surface area contributed by atoms with Crippen molar-refractivity contribution in [1.82, 2.24) is 15.1 Å². The number of urea groups is 1. The van der Waals surface area contributed by atoms with Gasteiger partial charge < -0.3 is 20.2 Å². The summed E-state index contributed by atoms with van der Waals surface area (Å²) in [6, 6.07) is -0.107. The highest BCUT2D eigenvalue weighted by Crippen LogP contribution is 1.94. The summed E-state index contributed by atoms with van der Waals surface area (Å²) in [4.78, 5) is 26.0. The molecule has 0 fully saturated rings. The maximum atomic E-state index is 11.8. The van der Waals surface area contributed by atoms with E-state index in [1.807, 2.05) is 25.9 Å². The van der Waals surface area contributed by atoms with Gasteiger partial charge in [0.15, 0.2) is 0 Å². The number of rotatable bonds is 9. The fraction of sp³-hybridized carbons (Fsp3) is 0.833. The lowest BCUT2D eigenvalue weighted by atomic mass is 10.3. The molecule has 0 rings (SSSR count). The van der Waals surface area contributed by atoms with Gasteiger partial charge in [-0.15, -0.1) is 0 Å². The minimum absolute atomic E-state index is 0.0890. The van der Waals surface area contributed by atoms with Crippen LogP contribution in [-0.4, -0.2) is 67.2 Å². The first-order valence-corrected chi connectivity index (χ1v) is 6.36. The SMILES string of the molecule is CCCN(CCN(C)C)C(=O)NCCCC(=O)O. The Kier molecular flexibility index (Phi) is 9.00. The maximum absolute atomic E-state index is 11.8. The van der Waals surface area contributed by atoms with Crippen molar-refractivity contribution >= 4 is 12.0 Å². The maximum Gasteiger partial charge on any atom is 0.317 e. The van der Waals surface area contributed by atoms with E-state index < -0.39 is 5.97 Å². The van der Waals surface area contributed by atoms with Gasteiger partial charge in [0.05, 0.1) is 0 Å². The van der Waals surface area contributed by atoms with Crippen LogP contribution in [0.3, 0.4) is 0 Å². The number of nitrogens with zero attached hydrogens (tertiary/aromatic N) is 2. The van der Waals surface area contributed by atoms with Crippen molar-refractivity contribution in [3.05, 3.63) is 0 Å². The number of carboxylic acids is 1. The largest absolute Gasteiger partial charge is 0.481 e. The van der Waals surface area contributed by atoms with E-state index >= 15 is 0 Å². The normalized spacial score (nSPS) is 10.4. The lowest BCUT2D eigenvalue weighted by Crippen LogP contribution is -2.43. The van der Waals surface area contributed by atoms with Crippen molar-refractivity contribution in [3.63, 3.8) is 0 Å². The van der Waals surface area contributed by atoms with Crippen LogP contribution in [0.5, 0.6) is 0 Å². The van der Waals surface area contributed by atoms with Crippen LogP contribution in [0.15, 0.2) is 0 Å². The molecule has 0 aromatic rings. The molecule has 0 aliphatic heterocycles. The van der Waals surface area contributed by atoms with E-state index in [-0.39, 0.29) is 12.5 Å². The molecule has 0 aliphatic carbocycles. The second kappa shape index (κ2) is 9.70. The Morgan fingerprint density at radius 3 is 2.33 bits per heavy atom. The van der Waals surface area contributed by atoms with Gasteiger partial charge in [-0.3, -0.25) is 4.79 Å². The molecule has 6 nitrogen and oxygen atoms in total. The monoisotopic (exact) mass is 259 g/mol. The molecule has 0 atom stereocenters. The number of carboxylic acid groups (broad SMARTS) is 1. The Balaban J connectivity index is 3.93. The van der Waals surface area contributed by atoms with E-state index in [0.717, 1.165) is 19.5 Å². The number of carbonyl (C=O) groups excluding carboxylic acids is 1. The summed E-state index contributed by atoms with van der Waals surface area (Å²) in [7, 11) is 3.93. The first kappa shape index (κ1) is 16.7. The van der Waals surface area contributed by atoms with Gasteiger partial charge in [-0.25, -0.2) is 4.79 Å². The molecular formula is C12H25N3O3. The van der Waals surface area contributed by atoms with Gasteiger partial charge in [0.2, 0.25) is 0 Å². The molecule has 2 N–H and O–H groups in total. The molecule has 106 valence electrons. The molecule has 0 aromatic carbocycles. The number of hydrogen-bond acceptors (Lipinski definition) is 3. The third-order valence-corrected chi connectivity index (χ3v) is 2.44. The van der Waals surface area contributed by atoms with Gasteiger partial charge in [0.1, 0.15) is 0 Å². The van der Waals surface area contributed by atoms with Crippen LogP contribution >= 0.6 is 0 Å². The Hall–Kier alpha value is -1.30. The number of hydrogen-bond donors (Lipinski definition) is 2. The summed E-state index contributed by atoms with van der Waals surface area (Å²) in [5.41, 5.74) is 0. The quantitative estimate of drug-likeness (QED) is 0.602. The highest BCUT2D eigenvalue weighted by atomic mass is 16.4. The van der Waals surface area contributed by atoms with Crippen LogP contribution in [0.1, 0.15) is 26.2 Å². The van der Waals surface area contributed by atoms with Crippen molar-refractivity contribution in [2.45, 2.75) is 26.2 Å². The third kappa shape index (κ3) is 8.81. The highest BCUT2D eigenvalue weighted by molar-refractivity contribution is 5.74. The second-order valence-electron chi connectivity index (χ2n) is 4.52. The van der Waals surface area contributed by atoms with Crippen LogP contribution in [0.25, 0.3) is 0 Å². The van der Waals surface area contributed by atoms with Gasteiger partial charge >= 0.3 is 12.0 Å². The summed E-state index contributed by atoms with van der Waals surface area (Å²) < 4.78 is 0. The Morgan fingerprint density at radius 2 is 1.83 bits per heavy atom. The fourth-order valence-corrected chi connectivity index (χ4v) is 1.45. The average molecular weight is 259 g/mol. The van der Waals surface area contributed by atoms with Crippen molar-refractivity contribution < 1.29 is 14.7 Å². The minimum atomic E-state index is -0.831. The zero-order valence-electron chi connectivity index (χ0n) is 11.6. The molecule has 0 saturated carbocycles. The lowest BCUT2D eigenvalue weighted by molar-refractivity contribution is -0.137. The van der Waals surface area contributed by atoms with Crippen molar-refractivity contribution in [1.29, 1.82) is 0 Å². The summed E-state index contributed by atoms with van der Waals surface area (Å²) >= 11 is 0. The molecule has 6 heteroatoms. The topological polar surface area (TPSA) is 72.9 Å². The molecule has 0 spiro atoms. The first-order valence-electron chi connectivity index (χ1n) is 6.36. The van der Waals surface area contributed by atoms with Crippen LogP contribution in [0.4, 0.5) is 4.79 Å². The summed E-state index contributed by atoms with van der Waals surface area (Å²) in [5, 5.41) is 11.2. The zero-order valence-corrected chi connectivity index (χ0v) is 11.6. The molecule has 2 amide bonds. The number of amides is 2. The number of nitrogens with one attached hydrogen (secondary N) is 1. The van der Waals surface area contributed by atoms with Crippen molar-refractivity contribution in [2.75, 3.05) is 40.3 Å². The van der Waals surface area contributed by atoms with E-state index in [4.69, 9.17) is 5.11 Å². The van der Waals surface area contributed by atoms with E-state index in [9.17, 15) is 9.59 Å². The lowest BCUT2D eigenvalue weighted by Gasteiger charge is -2.24. The average Bonchev–Trinajstić information content (AvgIpc) is 2.29. The fourth-order valence-electron chi connectivity index (χ4n) is 1.45. The summed E-state index contributed by atoms with van der Waals surface area (Å²) in [6.07, 6.45) is 1.47. The van der Waals surface area contributed by atoms with E-state index in [1.165, 1.54) is 0 Å². The number of aliphatic carboxylic acids is 1. The van der Waals surface area contributed by atoms with Crippen molar-refractivity contribution in [2.24, 2.45) is 0 Å². The predicted molar refractivity (Wildman–Crippen MR) is 70.7 cm³/mol. The minimum Gasteiger partial charge on any atom is -0.481 e. The predicted octanol–water partition coefficient (Wildman–Crippen LogP) is 0.834. The van der Waals surface area contributed by atoms with Crippen LogP contribution < -0.4 is 5.32 Å². The molecule has 0 saturated heterocycles. The van der Waals surface area contributed by atoms with Crippen LogP contribution in [-0.2, 0) is 4.79 Å². The Morgan fingerprint density at radius 1 is 1.17 bits per heavy atom. The van der Waals surface area contributed by atoms with Gasteiger partial charge in [-0.2, -0.15) is 0 Å². The highest BCUT2D eigenvalue weighted by Gasteiger charge is 2.11. The molecular weight excluding hydrogens is 234 g/mol. The Labute approximate surface area is 109 Å². The zero-order chi connectivity index (χ0) is 14.0. The van der Waals surface area contributed by atoms with Gasteiger partial charge in [0, 0.05) is 32.6 Å². The number of likely N-dealkylation sites (N-methyl/N-ethyl adjacent to an activating group) is 1. The summed E-state index contributed by atoms with van der Waals surface area (Å²) in [6.45, 7) is 4.67. The Bertz CT molecular complexity index is 257. The van der Waals surface area contributed by atoms with Gasteiger partial charge in [0.25, 0.3) is 0 Å². The molecule has 0 aliphatic rings. The number of carbonyl (C=O) groups is 2. The molecule has 0 bridgehead atoms. The molecule has 18 heavy (non-hydrogen) atoms. The third-order valence-electron chi connectivity index (χ3n) is 2.44. The smallest absolute Gasteiger partial charge is 0.317 e. The van der Waals surface area contributed by atoms with Gasteiger partial charge in [-0.05, 0) is 26.9 Å². The molecule has 0 radical (unpaired) electrons. The van der Waals surface area contributed by atoms with Gasteiger partial charge in [-0.1, -0.05) is 6.92 Å². The second-order valence-corrected chi connectivity index (χ2v) is 4.52. The standard InChI is InChI=1S/C12H25N3O3/c1-4-8-15(10-9-14(2)3)12(18)13-7-5-6-11(16)17/h4-10H2,1-3H3,(H,13,18)(H,16,17). The van der Waals surface area contributed by atoms with Crippen molar-refractivity contribution in [3.8, 4) is 0 Å². The first-order chi connectivity index (χ1) is 8.47. The molecule has 0 heterocycles. The van der Waals surface area contributed by atoms with E-state index in [1.54, 1.807) is 4.90 Å². The molecule has 0 unspecified atom stereocenters. The summed E-state index contributed by atoms with van der Waals surface area (Å²) in [5.74, 6) is -0.831. The van der Waals surface area contributed by atoms with E-state index in [0.29, 0.717) is 19.5 Å². The van der Waals surface area contributed by atoms with E-state index in [2.05, 4.69) is 5.32 Å².